The van der Waals surface area contributed by atoms with Crippen molar-refractivity contribution in [2.24, 2.45) is 11.7 Å². The van der Waals surface area contributed by atoms with E-state index >= 15 is 0 Å². The smallest absolute Gasteiger partial charge is 0.0661 e. The summed E-state index contributed by atoms with van der Waals surface area (Å²) in [6, 6.07) is 0.663. The lowest BCUT2D eigenvalue weighted by atomic mass is 9.85. The van der Waals surface area contributed by atoms with Crippen LogP contribution in [0.2, 0.25) is 0 Å². The van der Waals surface area contributed by atoms with Crippen LogP contribution in [0.4, 0.5) is 0 Å². The third-order valence-corrected chi connectivity index (χ3v) is 4.74. The monoisotopic (exact) mass is 257 g/mol. The van der Waals surface area contributed by atoms with Crippen molar-refractivity contribution in [1.29, 1.82) is 0 Å². The van der Waals surface area contributed by atoms with Crippen molar-refractivity contribution >= 4 is 0 Å². The molecule has 1 fully saturated rings. The number of nitrogens with two attached hydrogens (primary N) is 1. The maximum atomic E-state index is 6.07. The van der Waals surface area contributed by atoms with Crippen molar-refractivity contribution in [3.05, 3.63) is 0 Å². The summed E-state index contributed by atoms with van der Waals surface area (Å²) in [6.45, 7) is 8.12. The van der Waals surface area contributed by atoms with Crippen LogP contribution in [-0.4, -0.2) is 68.8 Å². The van der Waals surface area contributed by atoms with E-state index in [1.54, 1.807) is 7.11 Å². The molecule has 4 nitrogen and oxygen atoms in total. The van der Waals surface area contributed by atoms with E-state index in [0.29, 0.717) is 25.1 Å². The second kappa shape index (κ2) is 6.85. The Morgan fingerprint density at radius 2 is 2.17 bits per heavy atom. The van der Waals surface area contributed by atoms with E-state index < -0.39 is 0 Å². The Kier molecular flexibility index (Phi) is 6.05. The number of likely N-dealkylation sites (tertiary alicyclic amines) is 1. The van der Waals surface area contributed by atoms with Gasteiger partial charge in [-0.15, -0.1) is 0 Å². The largest absolute Gasteiger partial charge is 0.383 e. The molecule has 1 saturated heterocycles. The van der Waals surface area contributed by atoms with E-state index in [9.17, 15) is 0 Å². The van der Waals surface area contributed by atoms with Crippen LogP contribution in [0.15, 0.2) is 0 Å². The highest BCUT2D eigenvalue weighted by Crippen LogP contribution is 2.26. The van der Waals surface area contributed by atoms with Gasteiger partial charge in [-0.3, -0.25) is 4.90 Å². The van der Waals surface area contributed by atoms with Gasteiger partial charge in [0.05, 0.1) is 12.1 Å². The summed E-state index contributed by atoms with van der Waals surface area (Å²) in [5.41, 5.74) is 6.03. The molecule has 1 aliphatic rings. The molecule has 0 aromatic carbocycles. The van der Waals surface area contributed by atoms with Gasteiger partial charge in [0.15, 0.2) is 0 Å². The first-order chi connectivity index (χ1) is 8.47. The van der Waals surface area contributed by atoms with Crippen LogP contribution >= 0.6 is 0 Å². The Morgan fingerprint density at radius 3 is 2.56 bits per heavy atom. The molecule has 0 amide bonds. The van der Waals surface area contributed by atoms with Crippen molar-refractivity contribution in [1.82, 2.24) is 9.80 Å². The Balaban J connectivity index is 2.72. The predicted octanol–water partition coefficient (Wildman–Crippen LogP) is 1.01. The van der Waals surface area contributed by atoms with Gasteiger partial charge in [0.1, 0.15) is 0 Å². The summed E-state index contributed by atoms with van der Waals surface area (Å²) in [5, 5.41) is 0. The Bertz CT molecular complexity index is 247. The minimum atomic E-state index is -0.0435. The van der Waals surface area contributed by atoms with Gasteiger partial charge in [0, 0.05) is 26.2 Å². The molecule has 0 radical (unpaired) electrons. The second-order valence-corrected chi connectivity index (χ2v) is 6.05. The first-order valence-corrected chi connectivity index (χ1v) is 7.08. The van der Waals surface area contributed by atoms with E-state index in [-0.39, 0.29) is 5.54 Å². The molecule has 18 heavy (non-hydrogen) atoms. The minimum Gasteiger partial charge on any atom is -0.383 e. The van der Waals surface area contributed by atoms with Gasteiger partial charge < -0.3 is 15.4 Å². The molecule has 108 valence electrons. The molecular formula is C14H31N3O. The molecule has 0 aliphatic carbocycles. The van der Waals surface area contributed by atoms with Gasteiger partial charge in [0.25, 0.3) is 0 Å². The zero-order valence-corrected chi connectivity index (χ0v) is 12.8. The third kappa shape index (κ3) is 3.23. The quantitative estimate of drug-likeness (QED) is 0.739. The number of ether oxygens (including phenoxy) is 1. The Hall–Kier alpha value is -0.160. The van der Waals surface area contributed by atoms with E-state index in [0.717, 1.165) is 6.54 Å². The summed E-state index contributed by atoms with van der Waals surface area (Å²) < 4.78 is 5.44. The first kappa shape index (κ1) is 15.9. The molecule has 0 aromatic heterocycles. The molecule has 1 heterocycles. The average Bonchev–Trinajstić information content (AvgIpc) is 2.71. The topological polar surface area (TPSA) is 41.7 Å². The van der Waals surface area contributed by atoms with Gasteiger partial charge in [-0.2, -0.15) is 0 Å². The maximum absolute atomic E-state index is 6.07. The number of rotatable bonds is 7. The first-order valence-electron chi connectivity index (χ1n) is 7.08. The summed E-state index contributed by atoms with van der Waals surface area (Å²) in [6.07, 6.45) is 2.61. The zero-order valence-electron chi connectivity index (χ0n) is 12.8. The second-order valence-electron chi connectivity index (χ2n) is 6.05. The molecule has 0 bridgehead atoms. The van der Waals surface area contributed by atoms with Crippen LogP contribution in [0.1, 0.15) is 26.7 Å². The lowest BCUT2D eigenvalue weighted by molar-refractivity contribution is -0.0102. The van der Waals surface area contributed by atoms with Crippen LogP contribution < -0.4 is 5.73 Å². The molecule has 2 atom stereocenters. The fourth-order valence-corrected chi connectivity index (χ4v) is 3.13. The van der Waals surface area contributed by atoms with E-state index in [2.05, 4.69) is 37.7 Å². The van der Waals surface area contributed by atoms with Crippen LogP contribution in [0.25, 0.3) is 0 Å². The number of nitrogens with zero attached hydrogens (tertiary/aromatic N) is 2. The predicted molar refractivity (Wildman–Crippen MR) is 76.8 cm³/mol. The van der Waals surface area contributed by atoms with Crippen LogP contribution in [-0.2, 0) is 4.74 Å². The van der Waals surface area contributed by atoms with Crippen molar-refractivity contribution in [3.63, 3.8) is 0 Å². The maximum Gasteiger partial charge on any atom is 0.0661 e. The molecule has 1 rings (SSSR count). The summed E-state index contributed by atoms with van der Waals surface area (Å²) in [5.74, 6) is 0.485. The van der Waals surface area contributed by atoms with Crippen molar-refractivity contribution < 1.29 is 4.74 Å². The Morgan fingerprint density at radius 1 is 1.50 bits per heavy atom. The SMILES string of the molecule is COCC(CN)(C(C)C)N(C)CC1CCCN1C. The van der Waals surface area contributed by atoms with Crippen molar-refractivity contribution in [2.75, 3.05) is 47.4 Å². The Labute approximate surface area is 112 Å². The highest BCUT2D eigenvalue weighted by molar-refractivity contribution is 4.95. The van der Waals surface area contributed by atoms with E-state index in [1.165, 1.54) is 19.4 Å². The van der Waals surface area contributed by atoms with Gasteiger partial charge in [-0.1, -0.05) is 13.8 Å². The van der Waals surface area contributed by atoms with Crippen LogP contribution in [0.3, 0.4) is 0 Å². The van der Waals surface area contributed by atoms with Crippen LogP contribution in [0, 0.1) is 5.92 Å². The highest BCUT2D eigenvalue weighted by Gasteiger charge is 2.38. The van der Waals surface area contributed by atoms with Gasteiger partial charge >= 0.3 is 0 Å². The molecule has 0 spiro atoms. The van der Waals surface area contributed by atoms with Crippen molar-refractivity contribution in [2.45, 2.75) is 38.3 Å². The molecule has 0 saturated carbocycles. The molecule has 0 aromatic rings. The third-order valence-electron chi connectivity index (χ3n) is 4.74. The summed E-state index contributed by atoms with van der Waals surface area (Å²) >= 11 is 0. The normalized spacial score (nSPS) is 25.0. The molecule has 2 unspecified atom stereocenters. The number of hydrogen-bond acceptors (Lipinski definition) is 4. The molecular weight excluding hydrogens is 226 g/mol. The lowest BCUT2D eigenvalue weighted by Crippen LogP contribution is -2.61. The number of likely N-dealkylation sites (N-methyl/N-ethyl adjacent to an activating group) is 2. The van der Waals surface area contributed by atoms with E-state index in [4.69, 9.17) is 10.5 Å². The fourth-order valence-electron chi connectivity index (χ4n) is 3.13. The van der Waals surface area contributed by atoms with Crippen molar-refractivity contribution in [3.8, 4) is 0 Å². The van der Waals surface area contributed by atoms with Gasteiger partial charge in [-0.25, -0.2) is 0 Å². The summed E-state index contributed by atoms with van der Waals surface area (Å²) in [7, 11) is 6.18. The number of hydrogen-bond donors (Lipinski definition) is 1. The molecule has 4 heteroatoms. The average molecular weight is 257 g/mol. The van der Waals surface area contributed by atoms with Gasteiger partial charge in [-0.05, 0) is 39.4 Å². The molecule has 2 N–H and O–H groups in total. The highest BCUT2D eigenvalue weighted by atomic mass is 16.5. The van der Waals surface area contributed by atoms with Crippen LogP contribution in [0.5, 0.6) is 0 Å². The lowest BCUT2D eigenvalue weighted by Gasteiger charge is -2.45. The summed E-state index contributed by atoms with van der Waals surface area (Å²) in [4.78, 5) is 4.89. The standard InChI is InChI=1S/C14H31N3O/c1-12(2)14(10-15,11-18-5)17(4)9-13-7-6-8-16(13)3/h12-13H,6-11,15H2,1-5H3. The fraction of sp³-hybridized carbons (Fsp3) is 1.00. The zero-order chi connectivity index (χ0) is 13.8. The van der Waals surface area contributed by atoms with Gasteiger partial charge in [0.2, 0.25) is 0 Å². The molecule has 1 aliphatic heterocycles. The van der Waals surface area contributed by atoms with E-state index in [1.807, 2.05) is 0 Å². The number of methoxy groups -OCH3 is 1. The minimum absolute atomic E-state index is 0.0435.